The molecule has 0 bridgehead atoms. The van der Waals surface area contributed by atoms with Crippen molar-refractivity contribution in [1.29, 1.82) is 0 Å². The Labute approximate surface area is 75.5 Å². The van der Waals surface area contributed by atoms with Crippen molar-refractivity contribution in [2.24, 2.45) is 11.7 Å². The Kier molecular flexibility index (Phi) is 4.02. The Morgan fingerprint density at radius 3 is 2.33 bits per heavy atom. The number of nitrogens with two attached hydrogens (primary N) is 1. The van der Waals surface area contributed by atoms with Crippen LogP contribution in [-0.2, 0) is 4.74 Å². The summed E-state index contributed by atoms with van der Waals surface area (Å²) in [4.78, 5) is 0. The molecule has 1 aliphatic rings. The molecule has 2 N–H and O–H groups in total. The molecular formula is C10H21NO. The van der Waals surface area contributed by atoms with Crippen molar-refractivity contribution >= 4 is 0 Å². The minimum absolute atomic E-state index is 0.368. The molecule has 0 heterocycles. The van der Waals surface area contributed by atoms with E-state index in [4.69, 9.17) is 10.5 Å². The molecule has 12 heavy (non-hydrogen) atoms. The summed E-state index contributed by atoms with van der Waals surface area (Å²) in [7, 11) is 0. The third kappa shape index (κ3) is 2.76. The van der Waals surface area contributed by atoms with E-state index in [-0.39, 0.29) is 0 Å². The number of rotatable bonds is 3. The molecule has 0 aromatic heterocycles. The molecule has 0 amide bonds. The lowest BCUT2D eigenvalue weighted by Gasteiger charge is -2.30. The largest absolute Gasteiger partial charge is 0.379 e. The van der Waals surface area contributed by atoms with Crippen LogP contribution in [0.25, 0.3) is 0 Å². The van der Waals surface area contributed by atoms with E-state index in [9.17, 15) is 0 Å². The highest BCUT2D eigenvalue weighted by Gasteiger charge is 2.23. The quantitative estimate of drug-likeness (QED) is 0.704. The third-order valence-corrected chi connectivity index (χ3v) is 2.86. The minimum atomic E-state index is 0.368. The van der Waals surface area contributed by atoms with Crippen LogP contribution >= 0.6 is 0 Å². The Morgan fingerprint density at radius 2 is 1.92 bits per heavy atom. The van der Waals surface area contributed by atoms with Gasteiger partial charge in [-0.1, -0.05) is 0 Å². The van der Waals surface area contributed by atoms with Gasteiger partial charge in [-0.3, -0.25) is 0 Å². The van der Waals surface area contributed by atoms with Crippen LogP contribution in [-0.4, -0.2) is 18.8 Å². The van der Waals surface area contributed by atoms with E-state index >= 15 is 0 Å². The molecule has 2 heteroatoms. The first-order valence-electron chi connectivity index (χ1n) is 5.11. The molecule has 1 unspecified atom stereocenters. The van der Waals surface area contributed by atoms with E-state index in [1.54, 1.807) is 0 Å². The molecule has 1 fully saturated rings. The van der Waals surface area contributed by atoms with Gasteiger partial charge in [-0.2, -0.15) is 0 Å². The van der Waals surface area contributed by atoms with E-state index in [1.807, 2.05) is 0 Å². The lowest BCUT2D eigenvalue weighted by molar-refractivity contribution is 0.0235. The molecule has 0 aromatic carbocycles. The zero-order chi connectivity index (χ0) is 8.97. The van der Waals surface area contributed by atoms with Gasteiger partial charge in [-0.25, -0.2) is 0 Å². The summed E-state index contributed by atoms with van der Waals surface area (Å²) in [6, 6.07) is 0.368. The van der Waals surface area contributed by atoms with Crippen LogP contribution in [0.2, 0.25) is 0 Å². The average Bonchev–Trinajstić information content (AvgIpc) is 2.06. The smallest absolute Gasteiger partial charge is 0.0575 e. The summed E-state index contributed by atoms with van der Waals surface area (Å²) in [6.07, 6.45) is 5.44. The highest BCUT2D eigenvalue weighted by atomic mass is 16.5. The van der Waals surface area contributed by atoms with Gasteiger partial charge in [0.05, 0.1) is 6.10 Å². The number of hydrogen-bond donors (Lipinski definition) is 1. The lowest BCUT2D eigenvalue weighted by Crippen LogP contribution is -2.32. The van der Waals surface area contributed by atoms with Crippen molar-refractivity contribution in [2.45, 2.75) is 51.7 Å². The zero-order valence-corrected chi connectivity index (χ0v) is 8.25. The maximum Gasteiger partial charge on any atom is 0.0575 e. The predicted octanol–water partition coefficient (Wildman–Crippen LogP) is 1.93. The van der Waals surface area contributed by atoms with E-state index < -0.39 is 0 Å². The molecule has 1 rings (SSSR count). The first-order valence-corrected chi connectivity index (χ1v) is 5.11. The van der Waals surface area contributed by atoms with E-state index in [2.05, 4.69) is 13.8 Å². The van der Waals surface area contributed by atoms with E-state index in [0.29, 0.717) is 12.1 Å². The Morgan fingerprint density at radius 1 is 1.33 bits per heavy atom. The summed E-state index contributed by atoms with van der Waals surface area (Å²) in [6.45, 7) is 5.04. The topological polar surface area (TPSA) is 35.2 Å². The van der Waals surface area contributed by atoms with Gasteiger partial charge >= 0.3 is 0 Å². The van der Waals surface area contributed by atoms with Gasteiger partial charge in [0.1, 0.15) is 0 Å². The van der Waals surface area contributed by atoms with Gasteiger partial charge in [0.2, 0.25) is 0 Å². The summed E-state index contributed by atoms with van der Waals surface area (Å²) in [5.41, 5.74) is 5.85. The summed E-state index contributed by atoms with van der Waals surface area (Å²) >= 11 is 0. The molecule has 0 aliphatic heterocycles. The van der Waals surface area contributed by atoms with Crippen LogP contribution in [0.15, 0.2) is 0 Å². The molecule has 0 saturated heterocycles. The second-order valence-electron chi connectivity index (χ2n) is 3.85. The van der Waals surface area contributed by atoms with Gasteiger partial charge in [0.15, 0.2) is 0 Å². The number of hydrogen-bond acceptors (Lipinski definition) is 2. The van der Waals surface area contributed by atoms with Crippen LogP contribution < -0.4 is 5.73 Å². The number of ether oxygens (including phenoxy) is 1. The molecule has 0 radical (unpaired) electrons. The zero-order valence-electron chi connectivity index (χ0n) is 8.25. The first kappa shape index (κ1) is 10.0. The minimum Gasteiger partial charge on any atom is -0.379 e. The fraction of sp³-hybridized carbons (Fsp3) is 1.00. The molecule has 1 atom stereocenters. The van der Waals surface area contributed by atoms with Crippen LogP contribution in [0.3, 0.4) is 0 Å². The molecule has 1 saturated carbocycles. The van der Waals surface area contributed by atoms with E-state index in [0.717, 1.165) is 12.5 Å². The van der Waals surface area contributed by atoms with Crippen LogP contribution in [0.4, 0.5) is 0 Å². The summed E-state index contributed by atoms with van der Waals surface area (Å²) < 4.78 is 5.57. The standard InChI is InChI=1S/C10H21NO/c1-3-12-10-6-4-9(5-7-10)8(2)11/h8-10H,3-7,11H2,1-2H3. The SMILES string of the molecule is CCOC1CCC(C(C)N)CC1. The summed E-state index contributed by atoms with van der Waals surface area (Å²) in [5, 5.41) is 0. The Hall–Kier alpha value is -0.0800. The second-order valence-corrected chi connectivity index (χ2v) is 3.85. The molecule has 1 aliphatic carbocycles. The fourth-order valence-electron chi connectivity index (χ4n) is 2.02. The van der Waals surface area contributed by atoms with Gasteiger partial charge in [-0.15, -0.1) is 0 Å². The lowest BCUT2D eigenvalue weighted by atomic mass is 9.83. The highest BCUT2D eigenvalue weighted by molar-refractivity contribution is 4.77. The third-order valence-electron chi connectivity index (χ3n) is 2.86. The normalized spacial score (nSPS) is 33.2. The maximum atomic E-state index is 5.85. The van der Waals surface area contributed by atoms with Gasteiger partial charge in [0.25, 0.3) is 0 Å². The summed E-state index contributed by atoms with van der Waals surface area (Å²) in [5.74, 6) is 0.738. The van der Waals surface area contributed by atoms with Gasteiger partial charge in [0, 0.05) is 12.6 Å². The second kappa shape index (κ2) is 4.83. The molecule has 72 valence electrons. The maximum absolute atomic E-state index is 5.85. The van der Waals surface area contributed by atoms with Crippen molar-refractivity contribution in [1.82, 2.24) is 0 Å². The molecular weight excluding hydrogens is 150 g/mol. The molecule has 2 nitrogen and oxygen atoms in total. The first-order chi connectivity index (χ1) is 5.74. The Bertz CT molecular complexity index is 117. The van der Waals surface area contributed by atoms with Crippen molar-refractivity contribution in [3.8, 4) is 0 Å². The highest BCUT2D eigenvalue weighted by Crippen LogP contribution is 2.27. The van der Waals surface area contributed by atoms with Crippen molar-refractivity contribution in [3.05, 3.63) is 0 Å². The molecule has 0 aromatic rings. The monoisotopic (exact) mass is 171 g/mol. The van der Waals surface area contributed by atoms with Crippen molar-refractivity contribution in [3.63, 3.8) is 0 Å². The van der Waals surface area contributed by atoms with Gasteiger partial charge < -0.3 is 10.5 Å². The molecule has 0 spiro atoms. The predicted molar refractivity (Wildman–Crippen MR) is 51.0 cm³/mol. The van der Waals surface area contributed by atoms with E-state index in [1.165, 1.54) is 25.7 Å². The van der Waals surface area contributed by atoms with Crippen LogP contribution in [0.5, 0.6) is 0 Å². The fourth-order valence-corrected chi connectivity index (χ4v) is 2.02. The van der Waals surface area contributed by atoms with Crippen molar-refractivity contribution < 1.29 is 4.74 Å². The Balaban J connectivity index is 2.20. The van der Waals surface area contributed by atoms with Crippen LogP contribution in [0, 0.1) is 5.92 Å². The van der Waals surface area contributed by atoms with Crippen molar-refractivity contribution in [2.75, 3.05) is 6.61 Å². The average molecular weight is 171 g/mol. The van der Waals surface area contributed by atoms with Crippen LogP contribution in [0.1, 0.15) is 39.5 Å². The van der Waals surface area contributed by atoms with Gasteiger partial charge in [-0.05, 0) is 45.4 Å².